The van der Waals surface area contributed by atoms with Crippen LogP contribution in [0.2, 0.25) is 0 Å². The van der Waals surface area contributed by atoms with Gasteiger partial charge >= 0.3 is 11.9 Å². The Kier molecular flexibility index (Phi) is 4.43. The van der Waals surface area contributed by atoms with Crippen molar-refractivity contribution in [3.63, 3.8) is 0 Å². The first kappa shape index (κ1) is 21.2. The molecule has 0 unspecified atom stereocenters. The van der Waals surface area contributed by atoms with Crippen molar-refractivity contribution in [2.75, 3.05) is 0 Å². The van der Waals surface area contributed by atoms with Gasteiger partial charge in [-0.2, -0.15) is 23.4 Å². The number of nitrogens with one attached hydrogen (secondary N) is 2. The molecule has 1 aliphatic carbocycles. The van der Waals surface area contributed by atoms with Crippen molar-refractivity contribution in [2.45, 2.75) is 31.0 Å². The summed E-state index contributed by atoms with van der Waals surface area (Å²) in [4.78, 5) is 36.7. The molecule has 2 atom stereocenters. The molecule has 1 fully saturated rings. The van der Waals surface area contributed by atoms with E-state index < -0.39 is 35.7 Å². The minimum Gasteiger partial charge on any atom is -0.313 e. The van der Waals surface area contributed by atoms with Crippen molar-refractivity contribution in [1.29, 1.82) is 0 Å². The third-order valence-electron chi connectivity index (χ3n) is 6.00. The molecule has 10 nitrogen and oxygen atoms in total. The Balaban J connectivity index is 1.42. The van der Waals surface area contributed by atoms with Crippen LogP contribution in [0, 0.1) is 5.82 Å². The van der Waals surface area contributed by atoms with Crippen LogP contribution in [0.25, 0.3) is 27.8 Å². The Morgan fingerprint density at radius 2 is 1.97 bits per heavy atom. The topological polar surface area (TPSA) is 127 Å². The fraction of sp³-hybridized carbons (Fsp3) is 0.238. The lowest BCUT2D eigenvalue weighted by Crippen LogP contribution is -2.23. The molecule has 5 aromatic rings. The van der Waals surface area contributed by atoms with Gasteiger partial charge in [0.1, 0.15) is 12.1 Å². The normalized spacial score (nSPS) is 17.9. The molecule has 178 valence electrons. The van der Waals surface area contributed by atoms with Crippen molar-refractivity contribution in [2.24, 2.45) is 0 Å². The van der Waals surface area contributed by atoms with Crippen LogP contribution in [-0.2, 0) is 6.54 Å². The SMILES string of the molecule is O=c1[nH]cc(-c2cc([C@H]3C[C@@H]3c3ncc4cnn(CC(F)(F)F)c4c3F)c3nccn3n2)c(=O)[nH]1. The fourth-order valence-electron chi connectivity index (χ4n) is 4.39. The minimum absolute atomic E-state index is 0.0383. The number of H-pyrrole nitrogens is 2. The molecule has 0 aliphatic heterocycles. The van der Waals surface area contributed by atoms with Gasteiger partial charge in [-0.1, -0.05) is 0 Å². The van der Waals surface area contributed by atoms with Crippen LogP contribution in [-0.4, -0.2) is 45.5 Å². The van der Waals surface area contributed by atoms with Gasteiger partial charge in [0.2, 0.25) is 0 Å². The van der Waals surface area contributed by atoms with Crippen LogP contribution in [0.1, 0.15) is 29.5 Å². The van der Waals surface area contributed by atoms with Gasteiger partial charge < -0.3 is 4.98 Å². The fourth-order valence-corrected chi connectivity index (χ4v) is 4.39. The summed E-state index contributed by atoms with van der Waals surface area (Å²) in [6.45, 7) is -1.42. The van der Waals surface area contributed by atoms with E-state index in [0.717, 1.165) is 6.20 Å². The summed E-state index contributed by atoms with van der Waals surface area (Å²) in [7, 11) is 0. The van der Waals surface area contributed by atoms with Crippen molar-refractivity contribution in [3.8, 4) is 11.3 Å². The molecule has 0 aromatic carbocycles. The first-order valence-electron chi connectivity index (χ1n) is 10.4. The number of fused-ring (bicyclic) bond motifs is 2. The van der Waals surface area contributed by atoms with E-state index >= 15 is 4.39 Å². The maximum atomic E-state index is 15.4. The molecular weight excluding hydrogens is 472 g/mol. The highest BCUT2D eigenvalue weighted by Gasteiger charge is 2.44. The highest BCUT2D eigenvalue weighted by Crippen LogP contribution is 2.56. The standard InChI is InChI=1S/C21H14F4N8O2/c22-15-16(27-5-9-6-29-33(17(9)15)8-21(23,24)25)11-3-10(11)12-4-14(31-32-2-1-26-18(12)32)13-7-28-20(35)30-19(13)34/h1-2,4-7,10-11H,3,8H2,(H2,28,30,34,35)/t10-,11-/m0/s1. The van der Waals surface area contributed by atoms with Gasteiger partial charge in [-0.05, 0) is 18.4 Å². The Labute approximate surface area is 191 Å². The second kappa shape index (κ2) is 7.32. The summed E-state index contributed by atoms with van der Waals surface area (Å²) >= 11 is 0. The highest BCUT2D eigenvalue weighted by molar-refractivity contribution is 5.79. The number of rotatable bonds is 4. The van der Waals surface area contributed by atoms with Crippen molar-refractivity contribution in [3.05, 3.63) is 75.0 Å². The second-order valence-electron chi connectivity index (χ2n) is 8.29. The molecule has 5 heterocycles. The van der Waals surface area contributed by atoms with Crippen LogP contribution < -0.4 is 11.2 Å². The van der Waals surface area contributed by atoms with E-state index in [2.05, 4.69) is 30.1 Å². The van der Waals surface area contributed by atoms with Crippen molar-refractivity contribution < 1.29 is 17.6 Å². The number of halogens is 4. The van der Waals surface area contributed by atoms with E-state index in [0.29, 0.717) is 22.3 Å². The monoisotopic (exact) mass is 486 g/mol. The van der Waals surface area contributed by atoms with Crippen LogP contribution in [0.5, 0.6) is 0 Å². The largest absolute Gasteiger partial charge is 0.408 e. The van der Waals surface area contributed by atoms with Gasteiger partial charge in [-0.15, -0.1) is 0 Å². The average molecular weight is 486 g/mol. The number of hydrogen-bond acceptors (Lipinski definition) is 6. The number of aromatic amines is 2. The molecule has 0 spiro atoms. The third-order valence-corrected chi connectivity index (χ3v) is 6.00. The summed E-state index contributed by atoms with van der Waals surface area (Å²) in [5.41, 5.74) is 0.0462. The third kappa shape index (κ3) is 3.57. The van der Waals surface area contributed by atoms with E-state index in [1.807, 2.05) is 0 Å². The van der Waals surface area contributed by atoms with E-state index in [1.54, 1.807) is 12.3 Å². The Bertz CT molecular complexity index is 1730. The Hall–Kier alpha value is -4.36. The zero-order valence-corrected chi connectivity index (χ0v) is 17.5. The molecule has 2 N–H and O–H groups in total. The maximum Gasteiger partial charge on any atom is 0.408 e. The predicted molar refractivity (Wildman–Crippen MR) is 113 cm³/mol. The van der Waals surface area contributed by atoms with Crippen molar-refractivity contribution in [1.82, 2.24) is 39.3 Å². The number of hydrogen-bond donors (Lipinski definition) is 2. The average Bonchev–Trinajstić information content (AvgIpc) is 3.22. The van der Waals surface area contributed by atoms with E-state index in [9.17, 15) is 22.8 Å². The zero-order chi connectivity index (χ0) is 24.5. The zero-order valence-electron chi connectivity index (χ0n) is 17.5. The molecule has 0 saturated heterocycles. The summed E-state index contributed by atoms with van der Waals surface area (Å²) in [5, 5.41) is 8.21. The first-order chi connectivity index (χ1) is 16.7. The lowest BCUT2D eigenvalue weighted by Gasteiger charge is -2.10. The molecule has 0 radical (unpaired) electrons. The van der Waals surface area contributed by atoms with Gasteiger partial charge in [-0.25, -0.2) is 18.7 Å². The molecule has 1 aliphatic rings. The maximum absolute atomic E-state index is 15.4. The molecule has 35 heavy (non-hydrogen) atoms. The molecule has 6 rings (SSSR count). The number of aromatic nitrogens is 8. The quantitative estimate of drug-likeness (QED) is 0.376. The van der Waals surface area contributed by atoms with Gasteiger partial charge in [0.05, 0.1) is 23.1 Å². The van der Waals surface area contributed by atoms with Gasteiger partial charge in [0, 0.05) is 41.7 Å². The number of imidazole rings is 1. The number of alkyl halides is 3. The van der Waals surface area contributed by atoms with E-state index in [1.165, 1.54) is 23.1 Å². The lowest BCUT2D eigenvalue weighted by molar-refractivity contribution is -0.141. The van der Waals surface area contributed by atoms with Crippen LogP contribution in [0.3, 0.4) is 0 Å². The predicted octanol–water partition coefficient (Wildman–Crippen LogP) is 2.49. The molecule has 5 aromatic heterocycles. The molecular formula is C21H14F4N8O2. The van der Waals surface area contributed by atoms with E-state index in [4.69, 9.17) is 0 Å². The summed E-state index contributed by atoms with van der Waals surface area (Å²) < 4.78 is 56.2. The van der Waals surface area contributed by atoms with E-state index in [-0.39, 0.29) is 33.8 Å². The van der Waals surface area contributed by atoms with Crippen LogP contribution in [0.4, 0.5) is 17.6 Å². The number of pyridine rings is 1. The Morgan fingerprint density at radius 3 is 2.74 bits per heavy atom. The Morgan fingerprint density at radius 1 is 1.14 bits per heavy atom. The van der Waals surface area contributed by atoms with Crippen LogP contribution in [0.15, 0.2) is 46.6 Å². The highest BCUT2D eigenvalue weighted by atomic mass is 19.4. The summed E-state index contributed by atoms with van der Waals surface area (Å²) in [5.74, 6) is -1.53. The molecule has 0 amide bonds. The molecule has 14 heteroatoms. The summed E-state index contributed by atoms with van der Waals surface area (Å²) in [6, 6.07) is 1.64. The summed E-state index contributed by atoms with van der Waals surface area (Å²) in [6.07, 6.45) is 2.72. The lowest BCUT2D eigenvalue weighted by atomic mass is 10.1. The minimum atomic E-state index is -4.56. The smallest absolute Gasteiger partial charge is 0.313 e. The molecule has 1 saturated carbocycles. The van der Waals surface area contributed by atoms with Crippen LogP contribution >= 0.6 is 0 Å². The number of nitrogens with zero attached hydrogens (tertiary/aromatic N) is 6. The second-order valence-corrected chi connectivity index (χ2v) is 8.29. The van der Waals surface area contributed by atoms with Gasteiger partial charge in [0.15, 0.2) is 11.5 Å². The first-order valence-corrected chi connectivity index (χ1v) is 10.4. The van der Waals surface area contributed by atoms with Gasteiger partial charge in [-0.3, -0.25) is 19.4 Å². The van der Waals surface area contributed by atoms with Crippen molar-refractivity contribution >= 4 is 16.6 Å². The van der Waals surface area contributed by atoms with Gasteiger partial charge in [0.25, 0.3) is 5.56 Å². The molecule has 0 bridgehead atoms.